The fraction of sp³-hybridized carbons (Fsp3) is 0.300. The molecule has 0 aliphatic carbocycles. The highest BCUT2D eigenvalue weighted by atomic mass is 19.1. The third kappa shape index (κ3) is 3.20. The number of nitrogens with zero attached hydrogens (tertiary/aromatic N) is 4. The van der Waals surface area contributed by atoms with Crippen molar-refractivity contribution in [1.82, 2.24) is 14.8 Å². The van der Waals surface area contributed by atoms with Crippen LogP contribution in [0.4, 0.5) is 4.39 Å². The van der Waals surface area contributed by atoms with Gasteiger partial charge in [-0.1, -0.05) is 30.3 Å². The van der Waals surface area contributed by atoms with Gasteiger partial charge in [0.25, 0.3) is 0 Å². The molecular formula is C20H21FN4O. The van der Waals surface area contributed by atoms with Gasteiger partial charge in [-0.05, 0) is 17.7 Å². The average molecular weight is 352 g/mol. The molecule has 0 spiro atoms. The van der Waals surface area contributed by atoms with Crippen LogP contribution in [-0.2, 0) is 4.74 Å². The van der Waals surface area contributed by atoms with Crippen LogP contribution in [0, 0.1) is 5.82 Å². The van der Waals surface area contributed by atoms with Crippen LogP contribution in [0.2, 0.25) is 0 Å². The minimum absolute atomic E-state index is 0.0905. The summed E-state index contributed by atoms with van der Waals surface area (Å²) in [4.78, 5) is 13.0. The van der Waals surface area contributed by atoms with Crippen LogP contribution < -0.4 is 0 Å². The van der Waals surface area contributed by atoms with E-state index in [-0.39, 0.29) is 11.9 Å². The highest BCUT2D eigenvalue weighted by Crippen LogP contribution is 2.29. The van der Waals surface area contributed by atoms with Crippen molar-refractivity contribution in [3.8, 4) is 0 Å². The molecule has 2 aromatic rings. The molecule has 0 radical (unpaired) electrons. The summed E-state index contributed by atoms with van der Waals surface area (Å²) in [5.41, 5.74) is 2.32. The second-order valence-corrected chi connectivity index (χ2v) is 6.43. The summed E-state index contributed by atoms with van der Waals surface area (Å²) in [7, 11) is 2.01. The largest absolute Gasteiger partial charge is 0.377 e. The summed E-state index contributed by atoms with van der Waals surface area (Å²) in [5, 5.41) is 0. The Balaban J connectivity index is 1.70. The number of pyridine rings is 1. The van der Waals surface area contributed by atoms with E-state index in [1.54, 1.807) is 12.3 Å². The summed E-state index contributed by atoms with van der Waals surface area (Å²) in [6.45, 7) is 2.68. The molecule has 0 saturated carbocycles. The zero-order valence-corrected chi connectivity index (χ0v) is 14.7. The Morgan fingerprint density at radius 3 is 2.85 bits per heavy atom. The van der Waals surface area contributed by atoms with Crippen molar-refractivity contribution in [1.29, 1.82) is 0 Å². The van der Waals surface area contributed by atoms with E-state index in [1.165, 1.54) is 11.8 Å². The second-order valence-electron chi connectivity index (χ2n) is 6.43. The number of halogens is 1. The predicted octanol–water partition coefficient (Wildman–Crippen LogP) is 2.94. The molecule has 5 nitrogen and oxygen atoms in total. The third-order valence-corrected chi connectivity index (χ3v) is 4.74. The maximum Gasteiger partial charge on any atom is 0.202 e. The SMILES string of the molecule is CN1CC=C(c2ccncc2F)N=C1N1CCOC[C@H]1c1ccccc1. The Morgan fingerprint density at radius 2 is 2.04 bits per heavy atom. The molecule has 2 aliphatic heterocycles. The third-order valence-electron chi connectivity index (χ3n) is 4.74. The number of aliphatic imine (C=N–C) groups is 1. The van der Waals surface area contributed by atoms with Crippen molar-refractivity contribution in [2.75, 3.05) is 33.4 Å². The molecule has 0 N–H and O–H groups in total. The Kier molecular flexibility index (Phi) is 4.67. The van der Waals surface area contributed by atoms with Gasteiger partial charge in [0.2, 0.25) is 5.96 Å². The van der Waals surface area contributed by atoms with Crippen molar-refractivity contribution < 1.29 is 9.13 Å². The lowest BCUT2D eigenvalue weighted by atomic mass is 10.0. The summed E-state index contributed by atoms with van der Waals surface area (Å²) >= 11 is 0. The van der Waals surface area contributed by atoms with Gasteiger partial charge in [0.05, 0.1) is 31.1 Å². The first kappa shape index (κ1) is 16.7. The van der Waals surface area contributed by atoms with Gasteiger partial charge in [-0.15, -0.1) is 0 Å². The number of ether oxygens (including phenoxy) is 1. The fourth-order valence-electron chi connectivity index (χ4n) is 3.37. The van der Waals surface area contributed by atoms with Crippen molar-refractivity contribution >= 4 is 11.7 Å². The van der Waals surface area contributed by atoms with Gasteiger partial charge in [-0.3, -0.25) is 4.98 Å². The first-order valence-corrected chi connectivity index (χ1v) is 8.73. The maximum absolute atomic E-state index is 14.2. The Morgan fingerprint density at radius 1 is 1.19 bits per heavy atom. The van der Waals surface area contributed by atoms with Crippen LogP contribution in [0.3, 0.4) is 0 Å². The Labute approximate surface area is 152 Å². The van der Waals surface area contributed by atoms with Crippen LogP contribution in [0.25, 0.3) is 5.70 Å². The topological polar surface area (TPSA) is 41.0 Å². The number of hydrogen-bond donors (Lipinski definition) is 0. The fourth-order valence-corrected chi connectivity index (χ4v) is 3.37. The number of rotatable bonds is 2. The summed E-state index contributed by atoms with van der Waals surface area (Å²) < 4.78 is 19.9. The summed E-state index contributed by atoms with van der Waals surface area (Å²) in [5.74, 6) is 0.490. The average Bonchev–Trinajstić information content (AvgIpc) is 2.70. The number of morpholine rings is 1. The molecule has 1 aromatic heterocycles. The lowest BCUT2D eigenvalue weighted by molar-refractivity contribution is 0.0207. The summed E-state index contributed by atoms with van der Waals surface area (Å²) in [6, 6.07) is 12.0. The van der Waals surface area contributed by atoms with E-state index < -0.39 is 0 Å². The second kappa shape index (κ2) is 7.25. The smallest absolute Gasteiger partial charge is 0.202 e. The van der Waals surface area contributed by atoms with Crippen molar-refractivity contribution in [2.24, 2.45) is 4.99 Å². The molecule has 4 rings (SSSR count). The highest BCUT2D eigenvalue weighted by molar-refractivity contribution is 5.89. The predicted molar refractivity (Wildman–Crippen MR) is 98.9 cm³/mol. The molecule has 0 bridgehead atoms. The lowest BCUT2D eigenvalue weighted by Crippen LogP contribution is -2.50. The number of aromatic nitrogens is 1. The van der Waals surface area contributed by atoms with Crippen LogP contribution in [-0.4, -0.2) is 54.1 Å². The van der Waals surface area contributed by atoms with Crippen LogP contribution >= 0.6 is 0 Å². The van der Waals surface area contributed by atoms with E-state index >= 15 is 0 Å². The van der Waals surface area contributed by atoms with Gasteiger partial charge < -0.3 is 14.5 Å². The van der Waals surface area contributed by atoms with E-state index in [2.05, 4.69) is 26.9 Å². The molecule has 1 saturated heterocycles. The molecule has 134 valence electrons. The van der Waals surface area contributed by atoms with Gasteiger partial charge in [0.1, 0.15) is 0 Å². The standard InChI is InChI=1S/C20H21FN4O/c1-24-10-8-18(16-7-9-22-13-17(16)21)23-20(24)25-11-12-26-14-19(25)15-5-3-2-4-6-15/h2-9,13,19H,10-12,14H2,1H3/t19-/m0/s1. The molecule has 6 heteroatoms. The van der Waals surface area contributed by atoms with Crippen molar-refractivity contribution in [2.45, 2.75) is 6.04 Å². The summed E-state index contributed by atoms with van der Waals surface area (Å²) in [6.07, 6.45) is 4.76. The number of likely N-dealkylation sites (N-methyl/N-ethyl adjacent to an activating group) is 1. The first-order valence-electron chi connectivity index (χ1n) is 8.73. The van der Waals surface area contributed by atoms with Gasteiger partial charge >= 0.3 is 0 Å². The van der Waals surface area contributed by atoms with Gasteiger partial charge in [-0.25, -0.2) is 9.38 Å². The van der Waals surface area contributed by atoms with Gasteiger partial charge in [-0.2, -0.15) is 0 Å². The normalized spacial score (nSPS) is 20.6. The highest BCUT2D eigenvalue weighted by Gasteiger charge is 2.30. The number of benzene rings is 1. The van der Waals surface area contributed by atoms with Gasteiger partial charge in [0.15, 0.2) is 5.82 Å². The monoisotopic (exact) mass is 352 g/mol. The molecule has 3 heterocycles. The van der Waals surface area contributed by atoms with E-state index in [4.69, 9.17) is 9.73 Å². The quantitative estimate of drug-likeness (QED) is 0.833. The van der Waals surface area contributed by atoms with Crippen LogP contribution in [0.15, 0.2) is 59.9 Å². The molecular weight excluding hydrogens is 331 g/mol. The minimum atomic E-state index is -0.354. The van der Waals surface area contributed by atoms with Crippen LogP contribution in [0.1, 0.15) is 17.2 Å². The molecule has 0 unspecified atom stereocenters. The Bertz CT molecular complexity index is 837. The first-order chi connectivity index (χ1) is 12.7. The molecule has 0 amide bonds. The van der Waals surface area contributed by atoms with Crippen molar-refractivity contribution in [3.05, 3.63) is 71.8 Å². The van der Waals surface area contributed by atoms with Gasteiger partial charge in [0, 0.05) is 31.9 Å². The van der Waals surface area contributed by atoms with E-state index in [0.717, 1.165) is 12.5 Å². The molecule has 2 aliphatic rings. The molecule has 1 atom stereocenters. The number of hydrogen-bond acceptors (Lipinski definition) is 5. The van der Waals surface area contributed by atoms with E-state index in [0.29, 0.717) is 31.0 Å². The molecule has 1 fully saturated rings. The van der Waals surface area contributed by atoms with Crippen molar-refractivity contribution in [3.63, 3.8) is 0 Å². The molecule has 26 heavy (non-hydrogen) atoms. The zero-order valence-electron chi connectivity index (χ0n) is 14.7. The lowest BCUT2D eigenvalue weighted by Gasteiger charge is -2.41. The molecule has 1 aromatic carbocycles. The van der Waals surface area contributed by atoms with Crippen LogP contribution in [0.5, 0.6) is 0 Å². The number of guanidine groups is 1. The van der Waals surface area contributed by atoms with E-state index in [9.17, 15) is 4.39 Å². The maximum atomic E-state index is 14.2. The van der Waals surface area contributed by atoms with E-state index in [1.807, 2.05) is 31.3 Å². The minimum Gasteiger partial charge on any atom is -0.377 e. The zero-order chi connectivity index (χ0) is 17.9. The Hall–Kier alpha value is -2.73.